The molecule has 0 spiro atoms. The average Bonchev–Trinajstić information content (AvgIpc) is 2.55. The highest BCUT2D eigenvalue weighted by atomic mass is 16.5. The van der Waals surface area contributed by atoms with Crippen molar-refractivity contribution >= 4 is 11.6 Å². The van der Waals surface area contributed by atoms with Crippen LogP contribution < -0.4 is 10.1 Å². The van der Waals surface area contributed by atoms with Crippen LogP contribution in [-0.4, -0.2) is 25.2 Å². The third-order valence-electron chi connectivity index (χ3n) is 3.80. The molecule has 1 aromatic carbocycles. The first kappa shape index (κ1) is 19.0. The fourth-order valence-electron chi connectivity index (χ4n) is 2.39. The van der Waals surface area contributed by atoms with Crippen molar-refractivity contribution in [3.8, 4) is 11.8 Å². The minimum atomic E-state index is -0.892. The Bertz CT molecular complexity index is 566. The Balaban J connectivity index is 2.92. The van der Waals surface area contributed by atoms with Gasteiger partial charge in [0.25, 0.3) is 5.91 Å². The van der Waals surface area contributed by atoms with E-state index in [1.165, 1.54) is 7.11 Å². The number of amides is 1. The normalized spacial score (nSPS) is 13.0. The fourth-order valence-corrected chi connectivity index (χ4v) is 2.39. The molecular formula is C18H26N2O3. The van der Waals surface area contributed by atoms with Gasteiger partial charge in [-0.1, -0.05) is 26.2 Å². The van der Waals surface area contributed by atoms with E-state index in [1.807, 2.05) is 6.92 Å². The van der Waals surface area contributed by atoms with Crippen molar-refractivity contribution in [2.75, 3.05) is 19.0 Å². The van der Waals surface area contributed by atoms with Gasteiger partial charge in [-0.15, -0.1) is 0 Å². The van der Waals surface area contributed by atoms with Gasteiger partial charge in [0.05, 0.1) is 18.4 Å². The number of anilines is 1. The largest absolute Gasteiger partial charge is 0.497 e. The van der Waals surface area contributed by atoms with Crippen molar-refractivity contribution in [3.63, 3.8) is 0 Å². The van der Waals surface area contributed by atoms with Crippen molar-refractivity contribution in [1.29, 1.82) is 5.26 Å². The van der Waals surface area contributed by atoms with Crippen molar-refractivity contribution in [2.24, 2.45) is 0 Å². The van der Waals surface area contributed by atoms with Crippen molar-refractivity contribution in [1.82, 2.24) is 0 Å². The van der Waals surface area contributed by atoms with Gasteiger partial charge in [0.1, 0.15) is 17.4 Å². The van der Waals surface area contributed by atoms with Gasteiger partial charge in [-0.05, 0) is 38.5 Å². The molecule has 1 atom stereocenters. The highest BCUT2D eigenvalue weighted by Gasteiger charge is 2.33. The molecular weight excluding hydrogens is 292 g/mol. The van der Waals surface area contributed by atoms with Gasteiger partial charge in [-0.3, -0.25) is 4.79 Å². The van der Waals surface area contributed by atoms with Gasteiger partial charge < -0.3 is 14.8 Å². The second-order valence-corrected chi connectivity index (χ2v) is 5.60. The summed E-state index contributed by atoms with van der Waals surface area (Å²) in [6.07, 6.45) is 3.72. The summed E-state index contributed by atoms with van der Waals surface area (Å²) in [5.41, 5.74) is -0.0545. The van der Waals surface area contributed by atoms with E-state index in [0.29, 0.717) is 30.0 Å². The SMILES string of the molecule is CCCCC[C@](C)(OCC)C(=O)Nc1ccc(OC)cc1C#N. The molecule has 0 saturated carbocycles. The molecule has 0 heterocycles. The van der Waals surface area contributed by atoms with E-state index < -0.39 is 5.60 Å². The van der Waals surface area contributed by atoms with Crippen LogP contribution in [0.5, 0.6) is 5.75 Å². The molecule has 0 aliphatic heterocycles. The maximum atomic E-state index is 12.7. The summed E-state index contributed by atoms with van der Waals surface area (Å²) in [7, 11) is 1.54. The number of hydrogen-bond acceptors (Lipinski definition) is 4. The minimum absolute atomic E-state index is 0.225. The second kappa shape index (κ2) is 9.16. The Hall–Kier alpha value is -2.06. The Morgan fingerprint density at radius 3 is 2.65 bits per heavy atom. The molecule has 5 nitrogen and oxygen atoms in total. The molecule has 0 fully saturated rings. The summed E-state index contributed by atoms with van der Waals surface area (Å²) in [6.45, 7) is 6.26. The molecule has 0 radical (unpaired) electrons. The lowest BCUT2D eigenvalue weighted by molar-refractivity contribution is -0.139. The molecule has 0 aliphatic rings. The highest BCUT2D eigenvalue weighted by Crippen LogP contribution is 2.25. The van der Waals surface area contributed by atoms with E-state index in [9.17, 15) is 10.1 Å². The van der Waals surface area contributed by atoms with Crippen LogP contribution >= 0.6 is 0 Å². The lowest BCUT2D eigenvalue weighted by Gasteiger charge is -2.28. The standard InChI is InChI=1S/C18H26N2O3/c1-5-7-8-11-18(3,23-6-2)17(21)20-16-10-9-15(22-4)12-14(16)13-19/h9-10,12H,5-8,11H2,1-4H3,(H,20,21)/t18-/m0/s1. The monoisotopic (exact) mass is 318 g/mol. The molecule has 126 valence electrons. The van der Waals surface area contributed by atoms with Crippen LogP contribution in [0.4, 0.5) is 5.69 Å². The zero-order valence-corrected chi connectivity index (χ0v) is 14.4. The molecule has 1 amide bonds. The van der Waals surface area contributed by atoms with Crippen molar-refractivity contribution in [3.05, 3.63) is 23.8 Å². The van der Waals surface area contributed by atoms with Crippen molar-refractivity contribution in [2.45, 2.75) is 52.1 Å². The van der Waals surface area contributed by atoms with Crippen LogP contribution in [0.2, 0.25) is 0 Å². The summed E-state index contributed by atoms with van der Waals surface area (Å²) in [6, 6.07) is 7.07. The third kappa shape index (κ3) is 5.26. The molecule has 0 unspecified atom stereocenters. The molecule has 23 heavy (non-hydrogen) atoms. The molecule has 0 aliphatic carbocycles. The molecule has 1 N–H and O–H groups in total. The number of nitrogens with zero attached hydrogens (tertiary/aromatic N) is 1. The lowest BCUT2D eigenvalue weighted by atomic mass is 9.96. The smallest absolute Gasteiger partial charge is 0.256 e. The van der Waals surface area contributed by atoms with Gasteiger partial charge in [-0.25, -0.2) is 0 Å². The Kier molecular flexibility index (Phi) is 7.56. The number of benzene rings is 1. The van der Waals surface area contributed by atoms with E-state index >= 15 is 0 Å². The number of rotatable bonds is 9. The number of carbonyl (C=O) groups is 1. The van der Waals surface area contributed by atoms with Gasteiger partial charge in [0.15, 0.2) is 0 Å². The lowest BCUT2D eigenvalue weighted by Crippen LogP contribution is -2.43. The Morgan fingerprint density at radius 1 is 1.35 bits per heavy atom. The van der Waals surface area contributed by atoms with Crippen LogP contribution in [-0.2, 0) is 9.53 Å². The van der Waals surface area contributed by atoms with Crippen LogP contribution in [0.25, 0.3) is 0 Å². The molecule has 5 heteroatoms. The van der Waals surface area contributed by atoms with Crippen LogP contribution in [0, 0.1) is 11.3 Å². The number of ether oxygens (including phenoxy) is 2. The van der Waals surface area contributed by atoms with Gasteiger partial charge >= 0.3 is 0 Å². The van der Waals surface area contributed by atoms with Gasteiger partial charge in [0.2, 0.25) is 0 Å². The minimum Gasteiger partial charge on any atom is -0.497 e. The summed E-state index contributed by atoms with van der Waals surface area (Å²) < 4.78 is 10.8. The summed E-state index contributed by atoms with van der Waals surface area (Å²) >= 11 is 0. The first-order valence-electron chi connectivity index (χ1n) is 8.04. The van der Waals surface area contributed by atoms with Crippen LogP contribution in [0.3, 0.4) is 0 Å². The van der Waals surface area contributed by atoms with Crippen LogP contribution in [0.1, 0.15) is 52.0 Å². The molecule has 0 bridgehead atoms. The molecule has 1 rings (SSSR count). The summed E-state index contributed by atoms with van der Waals surface area (Å²) in [5, 5.41) is 12.1. The first-order chi connectivity index (χ1) is 11.0. The van der Waals surface area contributed by atoms with E-state index in [-0.39, 0.29) is 5.91 Å². The van der Waals surface area contributed by atoms with Gasteiger partial charge in [0, 0.05) is 6.61 Å². The number of nitriles is 1. The molecule has 0 saturated heterocycles. The first-order valence-corrected chi connectivity index (χ1v) is 8.04. The van der Waals surface area contributed by atoms with Gasteiger partial charge in [-0.2, -0.15) is 5.26 Å². The quantitative estimate of drug-likeness (QED) is 0.701. The summed E-state index contributed by atoms with van der Waals surface area (Å²) in [4.78, 5) is 12.7. The number of hydrogen-bond donors (Lipinski definition) is 1. The predicted octanol–water partition coefficient (Wildman–Crippen LogP) is 3.88. The topological polar surface area (TPSA) is 71.3 Å². The molecule has 1 aromatic rings. The van der Waals surface area contributed by atoms with E-state index in [2.05, 4.69) is 18.3 Å². The van der Waals surface area contributed by atoms with E-state index in [0.717, 1.165) is 19.3 Å². The maximum absolute atomic E-state index is 12.7. The van der Waals surface area contributed by atoms with Crippen LogP contribution in [0.15, 0.2) is 18.2 Å². The zero-order valence-electron chi connectivity index (χ0n) is 14.4. The number of unbranched alkanes of at least 4 members (excludes halogenated alkanes) is 2. The average molecular weight is 318 g/mol. The maximum Gasteiger partial charge on any atom is 0.256 e. The number of nitrogens with one attached hydrogen (secondary N) is 1. The van der Waals surface area contributed by atoms with E-state index in [1.54, 1.807) is 25.1 Å². The Labute approximate surface area is 138 Å². The fraction of sp³-hybridized carbons (Fsp3) is 0.556. The number of carbonyl (C=O) groups excluding carboxylic acids is 1. The van der Waals surface area contributed by atoms with Crippen molar-refractivity contribution < 1.29 is 14.3 Å². The summed E-state index contributed by atoms with van der Waals surface area (Å²) in [5.74, 6) is 0.354. The zero-order chi connectivity index (χ0) is 17.3. The predicted molar refractivity (Wildman–Crippen MR) is 90.5 cm³/mol. The third-order valence-corrected chi connectivity index (χ3v) is 3.80. The second-order valence-electron chi connectivity index (χ2n) is 5.60. The molecule has 0 aromatic heterocycles. The van der Waals surface area contributed by atoms with E-state index in [4.69, 9.17) is 9.47 Å². The number of methoxy groups -OCH3 is 1. The Morgan fingerprint density at radius 2 is 2.09 bits per heavy atom. The highest BCUT2D eigenvalue weighted by molar-refractivity contribution is 5.98.